The van der Waals surface area contributed by atoms with Crippen molar-refractivity contribution in [3.05, 3.63) is 77.9 Å². The Hall–Kier alpha value is -4.60. The van der Waals surface area contributed by atoms with Gasteiger partial charge in [-0.2, -0.15) is 5.10 Å². The molecule has 2 heterocycles. The Balaban J connectivity index is 1.53. The molecular formula is C25H28N8O2. The number of rotatable bonds is 5. The number of hydrogen-bond donors (Lipinski definition) is 4. The highest BCUT2D eigenvalue weighted by Gasteiger charge is 2.21. The van der Waals surface area contributed by atoms with Gasteiger partial charge in [0.25, 0.3) is 5.91 Å². The number of nitrogens with one attached hydrogen (secondary N) is 2. The van der Waals surface area contributed by atoms with Gasteiger partial charge in [-0.25, -0.2) is 14.5 Å². The van der Waals surface area contributed by atoms with Crippen molar-refractivity contribution >= 4 is 29.3 Å². The first-order valence-electron chi connectivity index (χ1n) is 11.0. The Bertz CT molecular complexity index is 1380. The SMILES string of the molecule is Cc1ccc(-n2nc(C(C)(C)C)cc2NC(=O)Nc2ccc(-n3cnc(C(N)=O)c3N)cc2)cc1. The van der Waals surface area contributed by atoms with E-state index in [2.05, 4.69) is 36.4 Å². The normalized spacial score (nSPS) is 11.3. The van der Waals surface area contributed by atoms with Crippen LogP contribution in [-0.4, -0.2) is 31.3 Å². The molecule has 3 amide bonds. The molecule has 0 aliphatic heterocycles. The minimum atomic E-state index is -0.698. The van der Waals surface area contributed by atoms with Crippen molar-refractivity contribution in [3.8, 4) is 11.4 Å². The van der Waals surface area contributed by atoms with Crippen molar-refractivity contribution in [2.45, 2.75) is 33.1 Å². The molecule has 35 heavy (non-hydrogen) atoms. The maximum absolute atomic E-state index is 12.8. The van der Waals surface area contributed by atoms with Gasteiger partial charge < -0.3 is 16.8 Å². The van der Waals surface area contributed by atoms with Crippen LogP contribution in [0.5, 0.6) is 0 Å². The highest BCUT2D eigenvalue weighted by molar-refractivity contribution is 5.99. The molecule has 10 nitrogen and oxygen atoms in total. The number of nitrogen functional groups attached to an aromatic ring is 1. The summed E-state index contributed by atoms with van der Waals surface area (Å²) >= 11 is 0. The molecule has 2 aromatic carbocycles. The summed E-state index contributed by atoms with van der Waals surface area (Å²) in [6.07, 6.45) is 1.42. The van der Waals surface area contributed by atoms with E-state index in [1.807, 2.05) is 37.3 Å². The fourth-order valence-electron chi connectivity index (χ4n) is 3.46. The van der Waals surface area contributed by atoms with Crippen LogP contribution in [0.25, 0.3) is 11.4 Å². The summed E-state index contributed by atoms with van der Waals surface area (Å²) in [5.74, 6) is 0.00347. The van der Waals surface area contributed by atoms with E-state index in [1.54, 1.807) is 28.9 Å². The summed E-state index contributed by atoms with van der Waals surface area (Å²) in [4.78, 5) is 28.1. The molecule has 0 bridgehead atoms. The molecule has 10 heteroatoms. The third-order valence-electron chi connectivity index (χ3n) is 5.44. The molecule has 0 unspecified atom stereocenters. The van der Waals surface area contributed by atoms with Gasteiger partial charge in [-0.15, -0.1) is 0 Å². The largest absolute Gasteiger partial charge is 0.383 e. The standard InChI is InChI=1S/C25H28N8O2/c1-15-5-9-18(10-6-15)33-20(13-19(31-33)25(2,3)4)30-24(35)29-16-7-11-17(12-8-16)32-14-28-21(22(32)26)23(27)34/h5-14H,26H2,1-4H3,(H2,27,34)(H2,29,30,35). The predicted molar refractivity (Wildman–Crippen MR) is 136 cm³/mol. The van der Waals surface area contributed by atoms with Gasteiger partial charge in [0.1, 0.15) is 18.0 Å². The summed E-state index contributed by atoms with van der Waals surface area (Å²) in [5.41, 5.74) is 15.1. The minimum absolute atomic E-state index is 0.00592. The molecule has 180 valence electrons. The Labute approximate surface area is 203 Å². The quantitative estimate of drug-likeness (QED) is 0.347. The van der Waals surface area contributed by atoms with Crippen LogP contribution < -0.4 is 22.1 Å². The third kappa shape index (κ3) is 5.01. The molecule has 0 saturated heterocycles. The van der Waals surface area contributed by atoms with Gasteiger partial charge in [-0.1, -0.05) is 38.5 Å². The van der Waals surface area contributed by atoms with E-state index in [9.17, 15) is 9.59 Å². The van der Waals surface area contributed by atoms with Gasteiger partial charge in [0.15, 0.2) is 5.69 Å². The summed E-state index contributed by atoms with van der Waals surface area (Å²) in [5, 5.41) is 10.5. The molecule has 4 rings (SSSR count). The molecule has 0 fully saturated rings. The number of aromatic nitrogens is 4. The van der Waals surface area contributed by atoms with Crippen LogP contribution in [0, 0.1) is 6.92 Å². The van der Waals surface area contributed by atoms with E-state index in [-0.39, 0.29) is 16.9 Å². The number of nitrogens with zero attached hydrogens (tertiary/aromatic N) is 4. The molecule has 4 aromatic rings. The van der Waals surface area contributed by atoms with Crippen LogP contribution in [0.3, 0.4) is 0 Å². The molecule has 0 atom stereocenters. The number of nitrogens with two attached hydrogens (primary N) is 2. The second-order valence-electron chi connectivity index (χ2n) is 9.25. The number of amides is 3. The summed E-state index contributed by atoms with van der Waals surface area (Å²) in [7, 11) is 0. The minimum Gasteiger partial charge on any atom is -0.383 e. The van der Waals surface area contributed by atoms with Gasteiger partial charge in [-0.05, 0) is 43.3 Å². The van der Waals surface area contributed by atoms with Crippen LogP contribution in [-0.2, 0) is 5.41 Å². The summed E-state index contributed by atoms with van der Waals surface area (Å²) in [6, 6.07) is 16.3. The average Bonchev–Trinajstić information content (AvgIpc) is 3.39. The van der Waals surface area contributed by atoms with Crippen molar-refractivity contribution < 1.29 is 9.59 Å². The fourth-order valence-corrected chi connectivity index (χ4v) is 3.46. The number of imidazole rings is 1. The molecular weight excluding hydrogens is 444 g/mol. The number of carbonyl (C=O) groups excluding carboxylic acids is 2. The van der Waals surface area contributed by atoms with Crippen LogP contribution in [0.2, 0.25) is 0 Å². The second kappa shape index (κ2) is 8.98. The van der Waals surface area contributed by atoms with Gasteiger partial charge in [0.2, 0.25) is 0 Å². The lowest BCUT2D eigenvalue weighted by molar-refractivity contribution is 0.0997. The zero-order chi connectivity index (χ0) is 25.3. The topological polar surface area (TPSA) is 146 Å². The molecule has 0 spiro atoms. The van der Waals surface area contributed by atoms with E-state index < -0.39 is 11.9 Å². The van der Waals surface area contributed by atoms with E-state index in [0.29, 0.717) is 17.2 Å². The predicted octanol–water partition coefficient (Wildman–Crippen LogP) is 3.99. The first-order chi connectivity index (χ1) is 16.5. The van der Waals surface area contributed by atoms with E-state index in [1.165, 1.54) is 10.9 Å². The summed E-state index contributed by atoms with van der Waals surface area (Å²) in [6.45, 7) is 8.22. The number of hydrogen-bond acceptors (Lipinski definition) is 5. The zero-order valence-corrected chi connectivity index (χ0v) is 20.0. The van der Waals surface area contributed by atoms with E-state index in [0.717, 1.165) is 16.9 Å². The number of urea groups is 1. The zero-order valence-electron chi connectivity index (χ0n) is 20.0. The van der Waals surface area contributed by atoms with Crippen molar-refractivity contribution in [3.63, 3.8) is 0 Å². The molecule has 6 N–H and O–H groups in total. The Morgan fingerprint density at radius 1 is 0.943 bits per heavy atom. The van der Waals surface area contributed by atoms with Crippen LogP contribution in [0.15, 0.2) is 60.9 Å². The molecule has 0 saturated carbocycles. The first kappa shape index (κ1) is 23.6. The van der Waals surface area contributed by atoms with E-state index in [4.69, 9.17) is 16.6 Å². The molecule has 0 radical (unpaired) electrons. The van der Waals surface area contributed by atoms with E-state index >= 15 is 0 Å². The van der Waals surface area contributed by atoms with Crippen molar-refractivity contribution in [2.75, 3.05) is 16.4 Å². The monoisotopic (exact) mass is 472 g/mol. The maximum Gasteiger partial charge on any atom is 0.324 e. The molecule has 0 aliphatic rings. The van der Waals surface area contributed by atoms with Crippen molar-refractivity contribution in [2.24, 2.45) is 5.73 Å². The van der Waals surface area contributed by atoms with Crippen LogP contribution >= 0.6 is 0 Å². The van der Waals surface area contributed by atoms with Crippen LogP contribution in [0.1, 0.15) is 42.5 Å². The van der Waals surface area contributed by atoms with Crippen molar-refractivity contribution in [1.29, 1.82) is 0 Å². The van der Waals surface area contributed by atoms with Gasteiger partial charge in [0, 0.05) is 22.9 Å². The molecule has 2 aromatic heterocycles. The fraction of sp³-hybridized carbons (Fsp3) is 0.200. The lowest BCUT2D eigenvalue weighted by Gasteiger charge is -2.14. The van der Waals surface area contributed by atoms with Gasteiger partial charge in [-0.3, -0.25) is 14.7 Å². The number of benzene rings is 2. The Morgan fingerprint density at radius 2 is 1.57 bits per heavy atom. The first-order valence-corrected chi connectivity index (χ1v) is 11.0. The lowest BCUT2D eigenvalue weighted by Crippen LogP contribution is -2.21. The summed E-state index contributed by atoms with van der Waals surface area (Å²) < 4.78 is 3.26. The lowest BCUT2D eigenvalue weighted by atomic mass is 9.92. The Kier molecular flexibility index (Phi) is 6.04. The number of aryl methyl sites for hydroxylation is 1. The average molecular weight is 473 g/mol. The highest BCUT2D eigenvalue weighted by atomic mass is 16.2. The molecule has 0 aliphatic carbocycles. The number of primary amides is 1. The number of anilines is 3. The number of carbonyl (C=O) groups is 2. The second-order valence-corrected chi connectivity index (χ2v) is 9.25. The van der Waals surface area contributed by atoms with Crippen LogP contribution in [0.4, 0.5) is 22.1 Å². The highest BCUT2D eigenvalue weighted by Crippen LogP contribution is 2.27. The smallest absolute Gasteiger partial charge is 0.324 e. The third-order valence-corrected chi connectivity index (χ3v) is 5.44. The maximum atomic E-state index is 12.8. The Morgan fingerprint density at radius 3 is 2.14 bits per heavy atom. The van der Waals surface area contributed by atoms with Crippen molar-refractivity contribution in [1.82, 2.24) is 19.3 Å². The van der Waals surface area contributed by atoms with Gasteiger partial charge >= 0.3 is 6.03 Å². The van der Waals surface area contributed by atoms with Gasteiger partial charge in [0.05, 0.1) is 11.4 Å².